The lowest BCUT2D eigenvalue weighted by Crippen LogP contribution is -2.31. The topological polar surface area (TPSA) is 55.4 Å². The zero-order chi connectivity index (χ0) is 19.8. The minimum Gasteiger partial charge on any atom is -0.456 e. The minimum absolute atomic E-state index is 0.0808. The number of halogens is 3. The van der Waals surface area contributed by atoms with Crippen LogP contribution in [0.3, 0.4) is 0 Å². The molecule has 2 rings (SSSR count). The molecule has 0 aliphatic rings. The third kappa shape index (κ3) is 6.97. The standard InChI is InChI=1S/C19H18F3NO3S/c1-12(16-7-4-14(21)10-17(16)22)23-18(24)11-26-19(25)8-9-27-15-5-2-13(20)3-6-15/h2-7,10,12H,8-9,11H2,1H3,(H,23,24)/t12-/m0/s1. The Hall–Kier alpha value is -2.48. The summed E-state index contributed by atoms with van der Waals surface area (Å²) in [6.07, 6.45) is 0.0808. The maximum atomic E-state index is 13.7. The van der Waals surface area contributed by atoms with Gasteiger partial charge in [0.1, 0.15) is 17.5 Å². The van der Waals surface area contributed by atoms with E-state index in [2.05, 4.69) is 5.32 Å². The largest absolute Gasteiger partial charge is 0.456 e. The Morgan fingerprint density at radius 3 is 2.41 bits per heavy atom. The van der Waals surface area contributed by atoms with Crippen molar-refractivity contribution in [3.63, 3.8) is 0 Å². The number of esters is 1. The van der Waals surface area contributed by atoms with Gasteiger partial charge in [-0.15, -0.1) is 11.8 Å². The molecule has 144 valence electrons. The SMILES string of the molecule is C[C@H](NC(=O)COC(=O)CCSc1ccc(F)cc1)c1ccc(F)cc1F. The number of carbonyl (C=O) groups excluding carboxylic acids is 2. The lowest BCUT2D eigenvalue weighted by atomic mass is 10.1. The zero-order valence-corrected chi connectivity index (χ0v) is 15.3. The first-order valence-electron chi connectivity index (χ1n) is 8.13. The quantitative estimate of drug-likeness (QED) is 0.540. The van der Waals surface area contributed by atoms with Crippen molar-refractivity contribution >= 4 is 23.6 Å². The molecule has 0 aliphatic carbocycles. The fourth-order valence-electron chi connectivity index (χ4n) is 2.21. The molecule has 0 bridgehead atoms. The highest BCUT2D eigenvalue weighted by Gasteiger charge is 2.15. The number of ether oxygens (including phenoxy) is 1. The van der Waals surface area contributed by atoms with Gasteiger partial charge in [0.2, 0.25) is 0 Å². The van der Waals surface area contributed by atoms with Crippen molar-refractivity contribution < 1.29 is 27.5 Å². The van der Waals surface area contributed by atoms with Crippen molar-refractivity contribution in [1.29, 1.82) is 0 Å². The summed E-state index contributed by atoms with van der Waals surface area (Å²) in [5, 5.41) is 2.48. The summed E-state index contributed by atoms with van der Waals surface area (Å²) in [6, 6.07) is 8.24. The van der Waals surface area contributed by atoms with Crippen LogP contribution in [0.15, 0.2) is 47.4 Å². The Morgan fingerprint density at radius 2 is 1.74 bits per heavy atom. The van der Waals surface area contributed by atoms with Crippen molar-refractivity contribution in [2.45, 2.75) is 24.3 Å². The van der Waals surface area contributed by atoms with Crippen LogP contribution in [-0.2, 0) is 14.3 Å². The number of carbonyl (C=O) groups is 2. The van der Waals surface area contributed by atoms with Crippen molar-refractivity contribution in [2.75, 3.05) is 12.4 Å². The minimum atomic E-state index is -0.766. The number of thioether (sulfide) groups is 1. The predicted molar refractivity (Wildman–Crippen MR) is 95.6 cm³/mol. The van der Waals surface area contributed by atoms with Crippen LogP contribution in [0.1, 0.15) is 24.9 Å². The lowest BCUT2D eigenvalue weighted by molar-refractivity contribution is -0.148. The van der Waals surface area contributed by atoms with Crippen LogP contribution in [-0.4, -0.2) is 24.2 Å². The summed E-state index contributed by atoms with van der Waals surface area (Å²) >= 11 is 1.36. The van der Waals surface area contributed by atoms with Gasteiger partial charge in [0.25, 0.3) is 5.91 Å². The molecule has 0 fully saturated rings. The third-order valence-corrected chi connectivity index (χ3v) is 4.57. The van der Waals surface area contributed by atoms with E-state index < -0.39 is 36.2 Å². The average Bonchev–Trinajstić information content (AvgIpc) is 2.61. The van der Waals surface area contributed by atoms with E-state index in [-0.39, 0.29) is 17.8 Å². The molecule has 0 spiro atoms. The Bertz CT molecular complexity index is 799. The number of nitrogens with one attached hydrogen (secondary N) is 1. The van der Waals surface area contributed by atoms with E-state index in [1.807, 2.05) is 0 Å². The monoisotopic (exact) mass is 397 g/mol. The van der Waals surface area contributed by atoms with Gasteiger partial charge in [-0.2, -0.15) is 0 Å². The van der Waals surface area contributed by atoms with Crippen LogP contribution in [0.5, 0.6) is 0 Å². The molecule has 0 saturated carbocycles. The molecule has 1 amide bonds. The predicted octanol–water partition coefficient (Wildman–Crippen LogP) is 4.01. The van der Waals surface area contributed by atoms with Crippen molar-refractivity contribution in [3.8, 4) is 0 Å². The smallest absolute Gasteiger partial charge is 0.307 e. The summed E-state index contributed by atoms with van der Waals surface area (Å²) in [6.45, 7) is 1.04. The number of rotatable bonds is 8. The third-order valence-electron chi connectivity index (χ3n) is 3.56. The first kappa shape index (κ1) is 20.8. The molecule has 4 nitrogen and oxygen atoms in total. The van der Waals surface area contributed by atoms with Crippen LogP contribution < -0.4 is 5.32 Å². The normalized spacial score (nSPS) is 11.7. The van der Waals surface area contributed by atoms with Crippen LogP contribution in [0, 0.1) is 17.5 Å². The van der Waals surface area contributed by atoms with Gasteiger partial charge < -0.3 is 10.1 Å². The van der Waals surface area contributed by atoms with E-state index in [1.165, 1.54) is 36.9 Å². The summed E-state index contributed by atoms with van der Waals surface area (Å²) in [5.41, 5.74) is 0.131. The maximum absolute atomic E-state index is 13.7. The summed E-state index contributed by atoms with van der Waals surface area (Å²) < 4.78 is 44.2. The molecule has 0 aromatic heterocycles. The summed E-state index contributed by atoms with van der Waals surface area (Å²) in [5.74, 6) is -2.53. The first-order chi connectivity index (χ1) is 12.8. The average molecular weight is 397 g/mol. The number of benzene rings is 2. The second-order valence-corrected chi connectivity index (χ2v) is 6.84. The molecule has 0 aliphatic heterocycles. The molecule has 0 heterocycles. The van der Waals surface area contributed by atoms with Crippen LogP contribution in [0.4, 0.5) is 13.2 Å². The van der Waals surface area contributed by atoms with Gasteiger partial charge in [-0.1, -0.05) is 6.07 Å². The van der Waals surface area contributed by atoms with E-state index in [0.717, 1.165) is 17.0 Å². The molecule has 27 heavy (non-hydrogen) atoms. The highest BCUT2D eigenvalue weighted by molar-refractivity contribution is 7.99. The van der Waals surface area contributed by atoms with Gasteiger partial charge in [-0.25, -0.2) is 13.2 Å². The number of amides is 1. The van der Waals surface area contributed by atoms with Gasteiger partial charge in [-0.05, 0) is 37.3 Å². The van der Waals surface area contributed by atoms with E-state index in [4.69, 9.17) is 4.74 Å². The van der Waals surface area contributed by atoms with Gasteiger partial charge in [0.05, 0.1) is 12.5 Å². The van der Waals surface area contributed by atoms with E-state index >= 15 is 0 Å². The van der Waals surface area contributed by atoms with E-state index in [1.54, 1.807) is 12.1 Å². The fourth-order valence-corrected chi connectivity index (χ4v) is 3.05. The summed E-state index contributed by atoms with van der Waals surface area (Å²) in [7, 11) is 0. The Labute approximate surface area is 159 Å². The lowest BCUT2D eigenvalue weighted by Gasteiger charge is -2.15. The van der Waals surface area contributed by atoms with Crippen molar-refractivity contribution in [3.05, 3.63) is 65.5 Å². The molecular weight excluding hydrogens is 379 g/mol. The zero-order valence-electron chi connectivity index (χ0n) is 14.5. The molecule has 0 radical (unpaired) electrons. The van der Waals surface area contributed by atoms with Gasteiger partial charge >= 0.3 is 5.97 Å². The molecule has 2 aromatic rings. The Balaban J connectivity index is 1.69. The second-order valence-electron chi connectivity index (χ2n) is 5.67. The Kier molecular flexibility index (Phi) is 7.72. The van der Waals surface area contributed by atoms with Gasteiger partial charge in [0.15, 0.2) is 6.61 Å². The number of hydrogen-bond acceptors (Lipinski definition) is 4. The van der Waals surface area contributed by atoms with E-state index in [0.29, 0.717) is 5.75 Å². The molecule has 0 unspecified atom stereocenters. The highest BCUT2D eigenvalue weighted by Crippen LogP contribution is 2.19. The van der Waals surface area contributed by atoms with Crippen LogP contribution in [0.2, 0.25) is 0 Å². The van der Waals surface area contributed by atoms with Gasteiger partial charge in [-0.3, -0.25) is 9.59 Å². The molecule has 1 N–H and O–H groups in total. The molecule has 8 heteroatoms. The van der Waals surface area contributed by atoms with Crippen LogP contribution in [0.25, 0.3) is 0 Å². The fraction of sp³-hybridized carbons (Fsp3) is 0.263. The van der Waals surface area contributed by atoms with Crippen molar-refractivity contribution in [2.24, 2.45) is 0 Å². The van der Waals surface area contributed by atoms with Crippen LogP contribution >= 0.6 is 11.8 Å². The maximum Gasteiger partial charge on any atom is 0.307 e. The molecule has 0 saturated heterocycles. The number of hydrogen-bond donors (Lipinski definition) is 1. The molecular formula is C19H18F3NO3S. The second kappa shape index (κ2) is 10.0. The highest BCUT2D eigenvalue weighted by atomic mass is 32.2. The summed E-state index contributed by atoms with van der Waals surface area (Å²) in [4.78, 5) is 24.3. The van der Waals surface area contributed by atoms with Gasteiger partial charge in [0, 0.05) is 22.3 Å². The molecule has 2 aromatic carbocycles. The van der Waals surface area contributed by atoms with Crippen molar-refractivity contribution in [1.82, 2.24) is 5.32 Å². The van der Waals surface area contributed by atoms with E-state index in [9.17, 15) is 22.8 Å². The molecule has 1 atom stereocenters. The Morgan fingerprint density at radius 1 is 1.07 bits per heavy atom. The first-order valence-corrected chi connectivity index (χ1v) is 9.12.